The van der Waals surface area contributed by atoms with Crippen LogP contribution in [0.4, 0.5) is 21.9 Å². The number of methoxy groups -OCH3 is 1. The zero-order valence-electron chi connectivity index (χ0n) is 20.6. The van der Waals surface area contributed by atoms with Crippen molar-refractivity contribution in [1.29, 1.82) is 0 Å². The lowest BCUT2D eigenvalue weighted by molar-refractivity contribution is 0.0526. The number of piperidine rings is 1. The fourth-order valence-corrected chi connectivity index (χ4v) is 3.88. The van der Waals surface area contributed by atoms with E-state index >= 15 is 0 Å². The Labute approximate surface area is 206 Å². The molecule has 0 spiro atoms. The molecule has 0 saturated carbocycles. The van der Waals surface area contributed by atoms with Gasteiger partial charge in [0.2, 0.25) is 0 Å². The Morgan fingerprint density at radius 3 is 2.31 bits per heavy atom. The third-order valence-corrected chi connectivity index (χ3v) is 5.87. The molecule has 9 heteroatoms. The predicted octanol–water partition coefficient (Wildman–Crippen LogP) is 4.12. The molecule has 0 unspecified atom stereocenters. The Morgan fingerprint density at radius 1 is 1.00 bits per heavy atom. The van der Waals surface area contributed by atoms with E-state index in [2.05, 4.69) is 27.8 Å². The normalized spacial score (nSPS) is 13.7. The van der Waals surface area contributed by atoms with Crippen molar-refractivity contribution in [3.05, 3.63) is 53.6 Å². The summed E-state index contributed by atoms with van der Waals surface area (Å²) < 4.78 is 10.0. The molecule has 0 atom stereocenters. The first-order valence-electron chi connectivity index (χ1n) is 11.9. The van der Waals surface area contributed by atoms with Crippen LogP contribution in [0.15, 0.2) is 42.5 Å². The van der Waals surface area contributed by atoms with Crippen LogP contribution in [-0.2, 0) is 9.47 Å². The van der Waals surface area contributed by atoms with Gasteiger partial charge in [0.1, 0.15) is 0 Å². The molecule has 9 nitrogen and oxygen atoms in total. The Kier molecular flexibility index (Phi) is 9.48. The third-order valence-electron chi connectivity index (χ3n) is 5.87. The van der Waals surface area contributed by atoms with Crippen molar-refractivity contribution in [2.24, 2.45) is 5.92 Å². The molecule has 0 aliphatic carbocycles. The van der Waals surface area contributed by atoms with E-state index in [0.29, 0.717) is 48.2 Å². The topological polar surface area (TPSA) is 109 Å². The number of nitrogens with zero attached hydrogens (tertiary/aromatic N) is 1. The van der Waals surface area contributed by atoms with E-state index in [4.69, 9.17) is 9.47 Å². The summed E-state index contributed by atoms with van der Waals surface area (Å²) in [6, 6.07) is 11.3. The summed E-state index contributed by atoms with van der Waals surface area (Å²) in [5, 5.41) is 8.39. The molecule has 0 aromatic heterocycles. The standard InChI is InChI=1S/C26H34N4O5/c1-4-35-25(32)19-5-7-20(8-6-19)28-26(33)29-21-9-10-23(30-14-11-18(2)12-15-30)22(17-21)24(31)27-13-16-34-3/h5-10,17-18H,4,11-16H2,1-3H3,(H,27,31)(H2,28,29,33). The fraction of sp³-hybridized carbons (Fsp3) is 0.423. The van der Waals surface area contributed by atoms with E-state index in [1.54, 1.807) is 50.4 Å². The number of urea groups is 1. The molecule has 1 fully saturated rings. The molecule has 3 N–H and O–H groups in total. The Bertz CT molecular complexity index is 1020. The number of carbonyl (C=O) groups excluding carboxylic acids is 3. The Hall–Kier alpha value is -3.59. The van der Waals surface area contributed by atoms with Crippen LogP contribution in [0.2, 0.25) is 0 Å². The van der Waals surface area contributed by atoms with Crippen LogP contribution in [0.3, 0.4) is 0 Å². The average Bonchev–Trinajstić information content (AvgIpc) is 2.85. The van der Waals surface area contributed by atoms with Crippen molar-refractivity contribution in [2.75, 3.05) is 55.5 Å². The molecule has 2 aromatic carbocycles. The number of amides is 3. The molecule has 35 heavy (non-hydrogen) atoms. The van der Waals surface area contributed by atoms with E-state index in [-0.39, 0.29) is 5.91 Å². The van der Waals surface area contributed by atoms with E-state index in [0.717, 1.165) is 31.6 Å². The van der Waals surface area contributed by atoms with E-state index in [1.807, 2.05) is 6.07 Å². The molecule has 1 aliphatic rings. The van der Waals surface area contributed by atoms with Crippen LogP contribution in [0.1, 0.15) is 47.4 Å². The summed E-state index contributed by atoms with van der Waals surface area (Å²) in [6.07, 6.45) is 2.14. The number of benzene rings is 2. The zero-order valence-corrected chi connectivity index (χ0v) is 20.6. The number of nitrogens with one attached hydrogen (secondary N) is 3. The van der Waals surface area contributed by atoms with Gasteiger partial charge in [-0.1, -0.05) is 6.92 Å². The second kappa shape index (κ2) is 12.8. The number of esters is 1. The maximum absolute atomic E-state index is 13.0. The summed E-state index contributed by atoms with van der Waals surface area (Å²) >= 11 is 0. The summed E-state index contributed by atoms with van der Waals surface area (Å²) in [5.74, 6) is 0.0403. The monoisotopic (exact) mass is 482 g/mol. The Morgan fingerprint density at radius 2 is 1.66 bits per heavy atom. The molecule has 0 radical (unpaired) electrons. The van der Waals surface area contributed by atoms with Gasteiger partial charge in [0.15, 0.2) is 0 Å². The van der Waals surface area contributed by atoms with E-state index < -0.39 is 12.0 Å². The van der Waals surface area contributed by atoms with Crippen molar-refractivity contribution in [3.63, 3.8) is 0 Å². The molecule has 0 bridgehead atoms. The largest absolute Gasteiger partial charge is 0.462 e. The molecule has 1 saturated heterocycles. The average molecular weight is 483 g/mol. The van der Waals surface area contributed by atoms with Gasteiger partial charge in [0, 0.05) is 43.8 Å². The molecule has 188 valence electrons. The van der Waals surface area contributed by atoms with Crippen molar-refractivity contribution in [2.45, 2.75) is 26.7 Å². The smallest absolute Gasteiger partial charge is 0.338 e. The molecular formula is C26H34N4O5. The molecular weight excluding hydrogens is 448 g/mol. The summed E-state index contributed by atoms with van der Waals surface area (Å²) in [7, 11) is 1.58. The van der Waals surface area contributed by atoms with Gasteiger partial charge in [-0.05, 0) is 68.1 Å². The van der Waals surface area contributed by atoms with E-state index in [1.165, 1.54) is 0 Å². The van der Waals surface area contributed by atoms with Gasteiger partial charge in [-0.3, -0.25) is 4.79 Å². The van der Waals surface area contributed by atoms with Gasteiger partial charge in [-0.15, -0.1) is 0 Å². The van der Waals surface area contributed by atoms with Gasteiger partial charge in [-0.2, -0.15) is 0 Å². The van der Waals surface area contributed by atoms with Crippen molar-refractivity contribution < 1.29 is 23.9 Å². The zero-order chi connectivity index (χ0) is 25.2. The summed E-state index contributed by atoms with van der Waals surface area (Å²) in [4.78, 5) is 39.5. The van der Waals surface area contributed by atoms with Crippen LogP contribution in [0, 0.1) is 5.92 Å². The number of rotatable bonds is 9. The first-order valence-corrected chi connectivity index (χ1v) is 11.9. The number of ether oxygens (including phenoxy) is 2. The van der Waals surface area contributed by atoms with Gasteiger partial charge in [0.05, 0.1) is 24.3 Å². The van der Waals surface area contributed by atoms with Crippen LogP contribution in [-0.4, -0.2) is 57.9 Å². The second-order valence-electron chi connectivity index (χ2n) is 8.53. The number of hydrogen-bond donors (Lipinski definition) is 3. The molecule has 3 amide bonds. The van der Waals surface area contributed by atoms with E-state index in [9.17, 15) is 14.4 Å². The minimum Gasteiger partial charge on any atom is -0.462 e. The van der Waals surface area contributed by atoms with Gasteiger partial charge >= 0.3 is 12.0 Å². The maximum Gasteiger partial charge on any atom is 0.338 e. The van der Waals surface area contributed by atoms with Crippen molar-refractivity contribution in [3.8, 4) is 0 Å². The molecule has 2 aromatic rings. The lowest BCUT2D eigenvalue weighted by Crippen LogP contribution is -2.35. The first-order chi connectivity index (χ1) is 16.9. The van der Waals surface area contributed by atoms with Gasteiger partial charge < -0.3 is 30.3 Å². The van der Waals surface area contributed by atoms with Crippen LogP contribution < -0.4 is 20.9 Å². The second-order valence-corrected chi connectivity index (χ2v) is 8.53. The van der Waals surface area contributed by atoms with Crippen LogP contribution >= 0.6 is 0 Å². The highest BCUT2D eigenvalue weighted by atomic mass is 16.5. The first kappa shape index (κ1) is 26.0. The molecule has 1 aliphatic heterocycles. The minimum absolute atomic E-state index is 0.214. The number of carbonyl (C=O) groups is 3. The third kappa shape index (κ3) is 7.45. The van der Waals surface area contributed by atoms with Crippen molar-refractivity contribution >= 4 is 35.0 Å². The molecule has 1 heterocycles. The van der Waals surface area contributed by atoms with Crippen molar-refractivity contribution in [1.82, 2.24) is 5.32 Å². The SMILES string of the molecule is CCOC(=O)c1ccc(NC(=O)Nc2ccc(N3CCC(C)CC3)c(C(=O)NCCOC)c2)cc1. The predicted molar refractivity (Wildman–Crippen MR) is 136 cm³/mol. The van der Waals surface area contributed by atoms with Crippen LogP contribution in [0.5, 0.6) is 0 Å². The highest BCUT2D eigenvalue weighted by molar-refractivity contribution is 6.04. The number of hydrogen-bond acceptors (Lipinski definition) is 6. The van der Waals surface area contributed by atoms with Gasteiger partial charge in [0.25, 0.3) is 5.91 Å². The summed E-state index contributed by atoms with van der Waals surface area (Å²) in [5.41, 5.74) is 2.79. The quantitative estimate of drug-likeness (QED) is 0.366. The summed E-state index contributed by atoms with van der Waals surface area (Å²) in [6.45, 7) is 6.86. The highest BCUT2D eigenvalue weighted by Crippen LogP contribution is 2.29. The van der Waals surface area contributed by atoms with Crippen LogP contribution in [0.25, 0.3) is 0 Å². The lowest BCUT2D eigenvalue weighted by atomic mass is 9.98. The maximum atomic E-state index is 13.0. The minimum atomic E-state index is -0.459. The fourth-order valence-electron chi connectivity index (χ4n) is 3.88. The highest BCUT2D eigenvalue weighted by Gasteiger charge is 2.22. The Balaban J connectivity index is 1.71. The number of anilines is 3. The molecule has 3 rings (SSSR count). The van der Waals surface area contributed by atoms with Gasteiger partial charge in [-0.25, -0.2) is 9.59 Å². The lowest BCUT2D eigenvalue weighted by Gasteiger charge is -2.33.